The molecule has 4 N–H and O–H groups in total. The zero-order valence-corrected chi connectivity index (χ0v) is 15.5. The maximum Gasteiger partial charge on any atom is 0.217 e. The lowest BCUT2D eigenvalue weighted by Crippen LogP contribution is -2.26. The second-order valence-electron chi connectivity index (χ2n) is 7.52. The molecular weight excluding hydrogens is 248 g/mol. The lowest BCUT2D eigenvalue weighted by atomic mass is 9.74. The molecule has 0 heterocycles. The molecule has 0 rings (SSSR count). The van der Waals surface area contributed by atoms with Crippen molar-refractivity contribution in [2.45, 2.75) is 81.6 Å². The van der Waals surface area contributed by atoms with E-state index in [-0.39, 0.29) is 16.7 Å². The molecular formula is C17H40N2O. The number of rotatable bonds is 5. The van der Waals surface area contributed by atoms with E-state index >= 15 is 0 Å². The van der Waals surface area contributed by atoms with Crippen LogP contribution in [0.15, 0.2) is 0 Å². The van der Waals surface area contributed by atoms with Crippen LogP contribution < -0.4 is 11.5 Å². The number of amides is 1. The van der Waals surface area contributed by atoms with Gasteiger partial charge in [0.2, 0.25) is 5.91 Å². The molecule has 0 aliphatic rings. The Hall–Kier alpha value is -0.570. The predicted molar refractivity (Wildman–Crippen MR) is 91.5 cm³/mol. The minimum atomic E-state index is -0.204. The highest BCUT2D eigenvalue weighted by atomic mass is 16.1. The van der Waals surface area contributed by atoms with E-state index in [1.54, 1.807) is 0 Å². The van der Waals surface area contributed by atoms with E-state index in [9.17, 15) is 4.79 Å². The zero-order valence-electron chi connectivity index (χ0n) is 15.5. The predicted octanol–water partition coefficient (Wildman–Crippen LogP) is 4.34. The van der Waals surface area contributed by atoms with Gasteiger partial charge < -0.3 is 11.5 Å². The fourth-order valence-corrected chi connectivity index (χ4v) is 2.30. The normalized spacial score (nSPS) is 11.2. The van der Waals surface area contributed by atoms with Gasteiger partial charge in [-0.05, 0) is 36.1 Å². The molecule has 0 aromatic carbocycles. The molecule has 1 amide bonds. The molecule has 3 nitrogen and oxygen atoms in total. The maximum atomic E-state index is 10.7. The molecule has 0 saturated carbocycles. The third kappa shape index (κ3) is 26.1. The van der Waals surface area contributed by atoms with Crippen molar-refractivity contribution in [2.24, 2.45) is 28.2 Å². The molecule has 0 spiro atoms. The van der Waals surface area contributed by atoms with Crippen LogP contribution in [0.2, 0.25) is 0 Å². The topological polar surface area (TPSA) is 69.1 Å². The van der Waals surface area contributed by atoms with Crippen LogP contribution in [0.3, 0.4) is 0 Å². The first-order valence-electron chi connectivity index (χ1n) is 7.88. The van der Waals surface area contributed by atoms with Crippen molar-refractivity contribution in [1.29, 1.82) is 0 Å². The van der Waals surface area contributed by atoms with Gasteiger partial charge in [-0.3, -0.25) is 4.79 Å². The summed E-state index contributed by atoms with van der Waals surface area (Å²) in [5.41, 5.74) is 10.7. The number of hydrogen-bond acceptors (Lipinski definition) is 2. The van der Waals surface area contributed by atoms with E-state index in [0.717, 1.165) is 25.3 Å². The Morgan fingerprint density at radius 2 is 1.45 bits per heavy atom. The SMILES string of the molecule is CC.CC(C)(C)CC(C)(C)CC(N)=O.CC(C)CCN. The van der Waals surface area contributed by atoms with Gasteiger partial charge in [-0.2, -0.15) is 0 Å². The molecule has 0 atom stereocenters. The monoisotopic (exact) mass is 288 g/mol. The van der Waals surface area contributed by atoms with Gasteiger partial charge in [-0.1, -0.05) is 62.3 Å². The third-order valence-corrected chi connectivity index (χ3v) is 2.41. The van der Waals surface area contributed by atoms with Gasteiger partial charge in [0, 0.05) is 6.42 Å². The molecule has 0 radical (unpaired) electrons. The summed E-state index contributed by atoms with van der Waals surface area (Å²) < 4.78 is 0. The Labute approximate surface area is 127 Å². The van der Waals surface area contributed by atoms with Crippen molar-refractivity contribution in [1.82, 2.24) is 0 Å². The summed E-state index contributed by atoms with van der Waals surface area (Å²) >= 11 is 0. The van der Waals surface area contributed by atoms with Crippen LogP contribution in [-0.2, 0) is 4.79 Å². The molecule has 0 aliphatic heterocycles. The standard InChI is InChI=1S/C10H21NO.C5H13N.C2H6/c1-9(2,3)7-10(4,5)6-8(11)12;1-5(2)3-4-6;1-2/h6-7H2,1-5H3,(H2,11,12);5H,3-4,6H2,1-2H3;1-2H3. The first kappa shape index (κ1) is 24.4. The molecule has 0 aromatic rings. The smallest absolute Gasteiger partial charge is 0.217 e. The number of carbonyl (C=O) groups is 1. The second-order valence-corrected chi connectivity index (χ2v) is 7.52. The Bertz CT molecular complexity index is 228. The molecule has 3 heteroatoms. The van der Waals surface area contributed by atoms with E-state index in [1.165, 1.54) is 0 Å². The fourth-order valence-electron chi connectivity index (χ4n) is 2.30. The molecule has 0 aliphatic carbocycles. The van der Waals surface area contributed by atoms with Gasteiger partial charge in [0.25, 0.3) is 0 Å². The second kappa shape index (κ2) is 12.2. The molecule has 0 unspecified atom stereocenters. The highest BCUT2D eigenvalue weighted by Crippen LogP contribution is 2.35. The third-order valence-electron chi connectivity index (χ3n) is 2.41. The van der Waals surface area contributed by atoms with E-state index in [4.69, 9.17) is 11.5 Å². The average molecular weight is 289 g/mol. The summed E-state index contributed by atoms with van der Waals surface area (Å²) in [6, 6.07) is 0. The Morgan fingerprint density at radius 1 is 1.05 bits per heavy atom. The number of carbonyl (C=O) groups excluding carboxylic acids is 1. The van der Waals surface area contributed by atoms with Crippen molar-refractivity contribution in [3.63, 3.8) is 0 Å². The van der Waals surface area contributed by atoms with Crippen LogP contribution >= 0.6 is 0 Å². The van der Waals surface area contributed by atoms with E-state index in [2.05, 4.69) is 48.5 Å². The molecule has 124 valence electrons. The maximum absolute atomic E-state index is 10.7. The van der Waals surface area contributed by atoms with Crippen LogP contribution in [0, 0.1) is 16.7 Å². The molecule has 0 saturated heterocycles. The minimum Gasteiger partial charge on any atom is -0.370 e. The van der Waals surface area contributed by atoms with Gasteiger partial charge in [-0.15, -0.1) is 0 Å². The summed E-state index contributed by atoms with van der Waals surface area (Å²) in [5, 5.41) is 0. The first-order valence-corrected chi connectivity index (χ1v) is 7.88. The van der Waals surface area contributed by atoms with Crippen molar-refractivity contribution in [3.05, 3.63) is 0 Å². The van der Waals surface area contributed by atoms with Crippen molar-refractivity contribution >= 4 is 5.91 Å². The van der Waals surface area contributed by atoms with Crippen LogP contribution in [0.4, 0.5) is 0 Å². The van der Waals surface area contributed by atoms with E-state index in [0.29, 0.717) is 6.42 Å². The summed E-state index contributed by atoms with van der Waals surface area (Å²) in [7, 11) is 0. The summed E-state index contributed by atoms with van der Waals surface area (Å²) in [4.78, 5) is 10.7. The molecule has 0 bridgehead atoms. The van der Waals surface area contributed by atoms with Crippen molar-refractivity contribution in [3.8, 4) is 0 Å². The largest absolute Gasteiger partial charge is 0.370 e. The molecule has 0 fully saturated rings. The average Bonchev–Trinajstić information content (AvgIpc) is 2.14. The first-order chi connectivity index (χ1) is 8.89. The highest BCUT2D eigenvalue weighted by Gasteiger charge is 2.26. The Morgan fingerprint density at radius 3 is 1.60 bits per heavy atom. The van der Waals surface area contributed by atoms with Crippen molar-refractivity contribution in [2.75, 3.05) is 6.54 Å². The van der Waals surface area contributed by atoms with Gasteiger partial charge in [0.15, 0.2) is 0 Å². The minimum absolute atomic E-state index is 0.0318. The van der Waals surface area contributed by atoms with Gasteiger partial charge in [-0.25, -0.2) is 0 Å². The lowest BCUT2D eigenvalue weighted by molar-refractivity contribution is -0.120. The number of hydrogen-bond donors (Lipinski definition) is 2. The Kier molecular flexibility index (Phi) is 14.9. The quantitative estimate of drug-likeness (QED) is 0.790. The highest BCUT2D eigenvalue weighted by molar-refractivity contribution is 5.74. The molecule has 20 heavy (non-hydrogen) atoms. The van der Waals surface area contributed by atoms with Gasteiger partial charge in [0.1, 0.15) is 0 Å². The Balaban J connectivity index is -0.000000304. The summed E-state index contributed by atoms with van der Waals surface area (Å²) in [5.74, 6) is 0.569. The van der Waals surface area contributed by atoms with Crippen molar-refractivity contribution < 1.29 is 4.79 Å². The van der Waals surface area contributed by atoms with Gasteiger partial charge >= 0.3 is 0 Å². The summed E-state index contributed by atoms with van der Waals surface area (Å²) in [6.45, 7) is 19.9. The van der Waals surface area contributed by atoms with Crippen LogP contribution in [-0.4, -0.2) is 12.5 Å². The van der Waals surface area contributed by atoms with Crippen LogP contribution in [0.5, 0.6) is 0 Å². The summed E-state index contributed by atoms with van der Waals surface area (Å²) in [6.07, 6.45) is 2.65. The van der Waals surface area contributed by atoms with E-state index < -0.39 is 0 Å². The van der Waals surface area contributed by atoms with Crippen LogP contribution in [0.1, 0.15) is 81.6 Å². The van der Waals surface area contributed by atoms with Gasteiger partial charge in [0.05, 0.1) is 0 Å². The van der Waals surface area contributed by atoms with Crippen LogP contribution in [0.25, 0.3) is 0 Å². The van der Waals surface area contributed by atoms with E-state index in [1.807, 2.05) is 13.8 Å². The lowest BCUT2D eigenvalue weighted by Gasteiger charge is -2.31. The number of nitrogens with two attached hydrogens (primary N) is 2. The number of primary amides is 1. The molecule has 0 aromatic heterocycles. The zero-order chi connectivity index (χ0) is 17.0. The fraction of sp³-hybridized carbons (Fsp3) is 0.941.